The molecule has 1 saturated carbocycles. The van der Waals surface area contributed by atoms with Crippen molar-refractivity contribution in [3.63, 3.8) is 0 Å². The molecule has 3 rings (SSSR count). The second-order valence-corrected chi connectivity index (χ2v) is 7.20. The van der Waals surface area contributed by atoms with Crippen LogP contribution in [0.2, 0.25) is 10.0 Å². The van der Waals surface area contributed by atoms with E-state index in [-0.39, 0.29) is 5.54 Å². The van der Waals surface area contributed by atoms with Gasteiger partial charge in [0.15, 0.2) is 0 Å². The summed E-state index contributed by atoms with van der Waals surface area (Å²) < 4.78 is 0. The number of benzene rings is 1. The Morgan fingerprint density at radius 3 is 2.65 bits per heavy atom. The smallest absolute Gasteiger partial charge is 0.0465 e. The summed E-state index contributed by atoms with van der Waals surface area (Å²) in [6.07, 6.45) is 3.92. The Morgan fingerprint density at radius 2 is 2.00 bits per heavy atom. The van der Waals surface area contributed by atoms with Gasteiger partial charge in [0.05, 0.1) is 0 Å². The minimum absolute atomic E-state index is 0.254. The third kappa shape index (κ3) is 3.14. The fraction of sp³-hybridized carbons (Fsp3) is 0.625. The molecule has 0 amide bonds. The molecule has 1 heterocycles. The van der Waals surface area contributed by atoms with E-state index >= 15 is 0 Å². The SMILES string of the molecule is CC1(C2CC2)CN(Cc2c(Cl)cccc2Cl)CCCN1. The van der Waals surface area contributed by atoms with Crippen molar-refractivity contribution in [3.8, 4) is 0 Å². The lowest BCUT2D eigenvalue weighted by Crippen LogP contribution is -2.50. The average molecular weight is 313 g/mol. The van der Waals surface area contributed by atoms with Crippen LogP contribution >= 0.6 is 23.2 Å². The molecule has 0 bridgehead atoms. The molecule has 2 fully saturated rings. The van der Waals surface area contributed by atoms with Crippen molar-refractivity contribution in [2.75, 3.05) is 19.6 Å². The van der Waals surface area contributed by atoms with Gasteiger partial charge < -0.3 is 5.32 Å². The largest absolute Gasteiger partial charge is 0.310 e. The van der Waals surface area contributed by atoms with Gasteiger partial charge in [-0.3, -0.25) is 4.90 Å². The highest BCUT2D eigenvalue weighted by Crippen LogP contribution is 2.41. The molecule has 1 aliphatic heterocycles. The van der Waals surface area contributed by atoms with Gasteiger partial charge in [-0.15, -0.1) is 0 Å². The lowest BCUT2D eigenvalue weighted by Gasteiger charge is -2.34. The zero-order valence-electron chi connectivity index (χ0n) is 12.0. The molecule has 2 nitrogen and oxygen atoms in total. The highest BCUT2D eigenvalue weighted by molar-refractivity contribution is 6.35. The van der Waals surface area contributed by atoms with Gasteiger partial charge in [-0.05, 0) is 57.3 Å². The number of rotatable bonds is 3. The summed E-state index contributed by atoms with van der Waals surface area (Å²) in [6.45, 7) is 6.52. The molecule has 1 aliphatic carbocycles. The van der Waals surface area contributed by atoms with Crippen molar-refractivity contribution in [2.45, 2.75) is 38.3 Å². The van der Waals surface area contributed by atoms with Crippen LogP contribution in [-0.2, 0) is 6.54 Å². The maximum atomic E-state index is 6.31. The molecule has 20 heavy (non-hydrogen) atoms. The molecule has 2 aliphatic rings. The minimum atomic E-state index is 0.254. The first-order valence-corrected chi connectivity index (χ1v) is 8.24. The Balaban J connectivity index is 1.75. The molecule has 0 spiro atoms. The number of halogens is 2. The van der Waals surface area contributed by atoms with Gasteiger partial charge in [0.2, 0.25) is 0 Å². The van der Waals surface area contributed by atoms with Gasteiger partial charge in [-0.2, -0.15) is 0 Å². The minimum Gasteiger partial charge on any atom is -0.310 e. The van der Waals surface area contributed by atoms with Crippen LogP contribution in [0.15, 0.2) is 18.2 Å². The molecule has 0 radical (unpaired) electrons. The van der Waals surface area contributed by atoms with E-state index in [1.54, 1.807) is 0 Å². The molecule has 0 aromatic heterocycles. The van der Waals surface area contributed by atoms with Crippen molar-refractivity contribution in [1.82, 2.24) is 10.2 Å². The summed E-state index contributed by atoms with van der Waals surface area (Å²) in [4.78, 5) is 2.51. The molecular formula is C16H22Cl2N2. The van der Waals surface area contributed by atoms with E-state index < -0.39 is 0 Å². The fourth-order valence-electron chi connectivity index (χ4n) is 3.31. The van der Waals surface area contributed by atoms with Gasteiger partial charge in [-0.25, -0.2) is 0 Å². The highest BCUT2D eigenvalue weighted by atomic mass is 35.5. The number of hydrogen-bond acceptors (Lipinski definition) is 2. The summed E-state index contributed by atoms with van der Waals surface area (Å²) >= 11 is 12.6. The van der Waals surface area contributed by atoms with E-state index in [2.05, 4.69) is 17.1 Å². The molecule has 1 unspecified atom stereocenters. The zero-order chi connectivity index (χ0) is 14.2. The summed E-state index contributed by atoms with van der Waals surface area (Å²) in [5.41, 5.74) is 1.32. The van der Waals surface area contributed by atoms with Gasteiger partial charge in [0, 0.05) is 34.2 Å². The summed E-state index contributed by atoms with van der Waals surface area (Å²) in [5.74, 6) is 0.838. The first-order valence-electron chi connectivity index (χ1n) is 7.49. The van der Waals surface area contributed by atoms with Crippen LogP contribution < -0.4 is 5.32 Å². The van der Waals surface area contributed by atoms with Gasteiger partial charge in [-0.1, -0.05) is 29.3 Å². The van der Waals surface area contributed by atoms with Crippen LogP contribution in [0.25, 0.3) is 0 Å². The maximum Gasteiger partial charge on any atom is 0.0465 e. The summed E-state index contributed by atoms with van der Waals surface area (Å²) in [5, 5.41) is 5.32. The second-order valence-electron chi connectivity index (χ2n) is 6.38. The third-order valence-corrected chi connectivity index (χ3v) is 5.36. The van der Waals surface area contributed by atoms with Crippen molar-refractivity contribution in [3.05, 3.63) is 33.8 Å². The Bertz CT molecular complexity index is 467. The summed E-state index contributed by atoms with van der Waals surface area (Å²) in [6, 6.07) is 5.77. The zero-order valence-corrected chi connectivity index (χ0v) is 13.5. The van der Waals surface area contributed by atoms with Gasteiger partial charge in [0.1, 0.15) is 0 Å². The molecule has 1 aromatic rings. The van der Waals surface area contributed by atoms with Crippen molar-refractivity contribution < 1.29 is 0 Å². The molecule has 1 N–H and O–H groups in total. The summed E-state index contributed by atoms with van der Waals surface area (Å²) in [7, 11) is 0. The number of nitrogens with one attached hydrogen (secondary N) is 1. The van der Waals surface area contributed by atoms with Gasteiger partial charge in [0.25, 0.3) is 0 Å². The number of nitrogens with zero attached hydrogens (tertiary/aromatic N) is 1. The van der Waals surface area contributed by atoms with Crippen molar-refractivity contribution in [2.24, 2.45) is 5.92 Å². The van der Waals surface area contributed by atoms with Crippen LogP contribution in [0, 0.1) is 5.92 Å². The quantitative estimate of drug-likeness (QED) is 0.909. The molecular weight excluding hydrogens is 291 g/mol. The predicted molar refractivity (Wildman–Crippen MR) is 85.5 cm³/mol. The molecule has 1 aromatic carbocycles. The monoisotopic (exact) mass is 312 g/mol. The highest BCUT2D eigenvalue weighted by Gasteiger charge is 2.42. The lowest BCUT2D eigenvalue weighted by molar-refractivity contribution is 0.195. The first-order chi connectivity index (χ1) is 9.58. The van der Waals surface area contributed by atoms with E-state index in [0.29, 0.717) is 0 Å². The predicted octanol–water partition coefficient (Wildman–Crippen LogP) is 3.96. The Labute approximate surface area is 131 Å². The van der Waals surface area contributed by atoms with Gasteiger partial charge >= 0.3 is 0 Å². The van der Waals surface area contributed by atoms with Crippen LogP contribution in [0.5, 0.6) is 0 Å². The Hall–Kier alpha value is -0.280. The topological polar surface area (TPSA) is 15.3 Å². The van der Waals surface area contributed by atoms with E-state index in [1.807, 2.05) is 18.2 Å². The van der Waals surface area contributed by atoms with Crippen molar-refractivity contribution in [1.29, 1.82) is 0 Å². The van der Waals surface area contributed by atoms with E-state index in [9.17, 15) is 0 Å². The van der Waals surface area contributed by atoms with Crippen LogP contribution in [0.4, 0.5) is 0 Å². The first kappa shape index (κ1) is 14.6. The standard InChI is InChI=1S/C16H22Cl2N2/c1-16(12-6-7-12)11-20(9-3-8-19-16)10-13-14(17)4-2-5-15(13)18/h2,4-5,12,19H,3,6-11H2,1H3. The normalized spacial score (nSPS) is 28.4. The van der Waals surface area contributed by atoms with E-state index in [0.717, 1.165) is 47.7 Å². The van der Waals surface area contributed by atoms with Crippen molar-refractivity contribution >= 4 is 23.2 Å². The maximum absolute atomic E-state index is 6.31. The fourth-order valence-corrected chi connectivity index (χ4v) is 3.83. The number of hydrogen-bond donors (Lipinski definition) is 1. The Kier molecular flexibility index (Phi) is 4.28. The lowest BCUT2D eigenvalue weighted by atomic mass is 9.95. The van der Waals surface area contributed by atoms with Crippen LogP contribution in [0.3, 0.4) is 0 Å². The molecule has 1 saturated heterocycles. The second kappa shape index (κ2) is 5.84. The molecule has 110 valence electrons. The average Bonchev–Trinajstić information content (AvgIpc) is 3.22. The van der Waals surface area contributed by atoms with E-state index in [4.69, 9.17) is 23.2 Å². The third-order valence-electron chi connectivity index (χ3n) is 4.65. The molecule has 1 atom stereocenters. The van der Waals surface area contributed by atoms with Crippen LogP contribution in [-0.4, -0.2) is 30.1 Å². The molecule has 4 heteroatoms. The van der Waals surface area contributed by atoms with E-state index in [1.165, 1.54) is 19.3 Å². The Morgan fingerprint density at radius 1 is 1.30 bits per heavy atom. The van der Waals surface area contributed by atoms with Crippen LogP contribution in [0.1, 0.15) is 31.7 Å².